The average molecular weight is 176 g/mol. The summed E-state index contributed by atoms with van der Waals surface area (Å²) in [5.74, 6) is 0.305. The van der Waals surface area contributed by atoms with E-state index in [9.17, 15) is 4.79 Å². The first-order chi connectivity index (χ1) is 5.22. The molecular weight excluding hydrogens is 160 g/mol. The van der Waals surface area contributed by atoms with Crippen LogP contribution in [0.4, 0.5) is 0 Å². The Hall–Kier alpha value is -0.180. The summed E-state index contributed by atoms with van der Waals surface area (Å²) < 4.78 is 0. The van der Waals surface area contributed by atoms with Gasteiger partial charge in [0.05, 0.1) is 5.92 Å². The predicted molar refractivity (Wildman–Crippen MR) is 49.0 cm³/mol. The molecule has 0 aliphatic heterocycles. The van der Waals surface area contributed by atoms with Crippen molar-refractivity contribution in [2.45, 2.75) is 26.2 Å². The van der Waals surface area contributed by atoms with E-state index < -0.39 is 5.97 Å². The summed E-state index contributed by atoms with van der Waals surface area (Å²) in [6.45, 7) is 1.93. The van der Waals surface area contributed by atoms with Crippen molar-refractivity contribution in [1.29, 1.82) is 0 Å². The molecule has 0 radical (unpaired) electrons. The second-order valence-corrected chi connectivity index (χ2v) is 3.56. The summed E-state index contributed by atoms with van der Waals surface area (Å²) in [4.78, 5) is 10.5. The third-order valence-corrected chi connectivity index (χ3v) is 2.44. The molecule has 0 spiro atoms. The highest BCUT2D eigenvalue weighted by Gasteiger charge is 2.13. The van der Waals surface area contributed by atoms with Crippen LogP contribution in [0, 0.1) is 5.92 Å². The molecule has 1 atom stereocenters. The summed E-state index contributed by atoms with van der Waals surface area (Å²) in [7, 11) is 0. The molecule has 0 aliphatic rings. The Labute approximate surface area is 72.4 Å². The van der Waals surface area contributed by atoms with Crippen LogP contribution < -0.4 is 0 Å². The average Bonchev–Trinajstić information content (AvgIpc) is 1.97. The molecule has 2 nitrogen and oxygen atoms in total. The van der Waals surface area contributed by atoms with E-state index >= 15 is 0 Å². The number of aliphatic carboxylic acids is 1. The Bertz CT molecular complexity index is 115. The molecule has 0 aromatic carbocycles. The van der Waals surface area contributed by atoms with Crippen LogP contribution >= 0.6 is 11.8 Å². The quantitative estimate of drug-likeness (QED) is 0.631. The first kappa shape index (κ1) is 10.8. The molecule has 0 aromatic rings. The van der Waals surface area contributed by atoms with Crippen LogP contribution in [0.3, 0.4) is 0 Å². The van der Waals surface area contributed by atoms with Crippen LogP contribution in [0.2, 0.25) is 0 Å². The SMILES string of the molecule is CCC(CCCSC)C(=O)O. The van der Waals surface area contributed by atoms with Crippen LogP contribution in [-0.4, -0.2) is 23.1 Å². The summed E-state index contributed by atoms with van der Waals surface area (Å²) in [5, 5.41) is 8.67. The van der Waals surface area contributed by atoms with Gasteiger partial charge in [0.25, 0.3) is 0 Å². The summed E-state index contributed by atoms with van der Waals surface area (Å²) in [6.07, 6.45) is 4.64. The third-order valence-electron chi connectivity index (χ3n) is 1.74. The molecule has 0 fully saturated rings. The summed E-state index contributed by atoms with van der Waals surface area (Å²) >= 11 is 1.77. The van der Waals surface area contributed by atoms with Gasteiger partial charge in [-0.2, -0.15) is 11.8 Å². The fraction of sp³-hybridized carbons (Fsp3) is 0.875. The number of carboxylic acids is 1. The van der Waals surface area contributed by atoms with Gasteiger partial charge in [0.15, 0.2) is 0 Å². The number of hydrogen-bond acceptors (Lipinski definition) is 2. The van der Waals surface area contributed by atoms with Crippen molar-refractivity contribution >= 4 is 17.7 Å². The minimum atomic E-state index is -0.645. The lowest BCUT2D eigenvalue weighted by Crippen LogP contribution is -2.12. The van der Waals surface area contributed by atoms with Crippen molar-refractivity contribution in [2.75, 3.05) is 12.0 Å². The van der Waals surface area contributed by atoms with E-state index in [1.807, 2.05) is 13.2 Å². The molecule has 11 heavy (non-hydrogen) atoms. The molecule has 0 bridgehead atoms. The normalized spacial score (nSPS) is 12.9. The fourth-order valence-corrected chi connectivity index (χ4v) is 1.43. The Morgan fingerprint density at radius 1 is 1.64 bits per heavy atom. The van der Waals surface area contributed by atoms with Gasteiger partial charge < -0.3 is 5.11 Å². The zero-order valence-corrected chi connectivity index (χ0v) is 7.99. The van der Waals surface area contributed by atoms with Gasteiger partial charge in [-0.1, -0.05) is 6.92 Å². The van der Waals surface area contributed by atoms with Crippen molar-refractivity contribution in [1.82, 2.24) is 0 Å². The maximum Gasteiger partial charge on any atom is 0.306 e. The molecule has 0 amide bonds. The van der Waals surface area contributed by atoms with E-state index in [1.165, 1.54) is 0 Å². The third kappa shape index (κ3) is 5.13. The van der Waals surface area contributed by atoms with Crippen molar-refractivity contribution in [3.8, 4) is 0 Å². The molecule has 0 aromatic heterocycles. The van der Waals surface area contributed by atoms with Gasteiger partial charge in [-0.25, -0.2) is 0 Å². The van der Waals surface area contributed by atoms with Gasteiger partial charge in [0, 0.05) is 0 Å². The van der Waals surface area contributed by atoms with Crippen molar-refractivity contribution in [3.05, 3.63) is 0 Å². The maximum atomic E-state index is 10.5. The van der Waals surface area contributed by atoms with Gasteiger partial charge in [-0.3, -0.25) is 4.79 Å². The van der Waals surface area contributed by atoms with Crippen molar-refractivity contribution in [2.24, 2.45) is 5.92 Å². The second kappa shape index (κ2) is 6.53. The second-order valence-electron chi connectivity index (χ2n) is 2.58. The molecule has 0 saturated carbocycles. The van der Waals surface area contributed by atoms with E-state index in [0.717, 1.165) is 25.0 Å². The smallest absolute Gasteiger partial charge is 0.306 e. The molecule has 3 heteroatoms. The molecule has 0 saturated heterocycles. The fourth-order valence-electron chi connectivity index (χ4n) is 0.976. The lowest BCUT2D eigenvalue weighted by molar-refractivity contribution is -0.142. The number of carboxylic acid groups (broad SMARTS) is 1. The number of hydrogen-bond donors (Lipinski definition) is 1. The van der Waals surface area contributed by atoms with Crippen molar-refractivity contribution in [3.63, 3.8) is 0 Å². The zero-order chi connectivity index (χ0) is 8.69. The maximum absolute atomic E-state index is 10.5. The Morgan fingerprint density at radius 3 is 2.64 bits per heavy atom. The van der Waals surface area contributed by atoms with Crippen LogP contribution in [0.5, 0.6) is 0 Å². The Balaban J connectivity index is 3.44. The molecule has 0 heterocycles. The van der Waals surface area contributed by atoms with Gasteiger partial charge in [-0.05, 0) is 31.3 Å². The highest BCUT2D eigenvalue weighted by molar-refractivity contribution is 7.98. The van der Waals surface area contributed by atoms with E-state index in [0.29, 0.717) is 0 Å². The molecule has 1 N–H and O–H groups in total. The van der Waals surface area contributed by atoms with Gasteiger partial charge in [-0.15, -0.1) is 0 Å². The first-order valence-corrected chi connectivity index (χ1v) is 5.33. The van der Waals surface area contributed by atoms with E-state index in [1.54, 1.807) is 11.8 Å². The largest absolute Gasteiger partial charge is 0.481 e. The molecule has 0 rings (SSSR count). The van der Waals surface area contributed by atoms with Gasteiger partial charge in [0.1, 0.15) is 0 Å². The summed E-state index contributed by atoms with van der Waals surface area (Å²) in [6, 6.07) is 0. The van der Waals surface area contributed by atoms with Gasteiger partial charge >= 0.3 is 5.97 Å². The lowest BCUT2D eigenvalue weighted by Gasteiger charge is -2.07. The molecule has 1 unspecified atom stereocenters. The minimum absolute atomic E-state index is 0.123. The number of thioether (sulfide) groups is 1. The Kier molecular flexibility index (Phi) is 6.42. The standard InChI is InChI=1S/C8H16O2S/c1-3-7(8(9)10)5-4-6-11-2/h7H,3-6H2,1-2H3,(H,9,10). The topological polar surface area (TPSA) is 37.3 Å². The van der Waals surface area contributed by atoms with Crippen LogP contribution in [0.1, 0.15) is 26.2 Å². The van der Waals surface area contributed by atoms with E-state index in [4.69, 9.17) is 5.11 Å². The highest BCUT2D eigenvalue weighted by Crippen LogP contribution is 2.12. The van der Waals surface area contributed by atoms with E-state index in [2.05, 4.69) is 0 Å². The first-order valence-electron chi connectivity index (χ1n) is 3.94. The predicted octanol–water partition coefficient (Wildman–Crippen LogP) is 2.24. The monoisotopic (exact) mass is 176 g/mol. The zero-order valence-electron chi connectivity index (χ0n) is 7.17. The lowest BCUT2D eigenvalue weighted by atomic mass is 10.0. The minimum Gasteiger partial charge on any atom is -0.481 e. The highest BCUT2D eigenvalue weighted by atomic mass is 32.2. The van der Waals surface area contributed by atoms with Crippen molar-refractivity contribution < 1.29 is 9.90 Å². The molecular formula is C8H16O2S. The molecule has 66 valence electrons. The number of rotatable bonds is 6. The number of carbonyl (C=O) groups is 1. The van der Waals surface area contributed by atoms with Crippen LogP contribution in [0.15, 0.2) is 0 Å². The summed E-state index contributed by atoms with van der Waals surface area (Å²) in [5.41, 5.74) is 0. The van der Waals surface area contributed by atoms with E-state index in [-0.39, 0.29) is 5.92 Å². The van der Waals surface area contributed by atoms with Crippen LogP contribution in [0.25, 0.3) is 0 Å². The van der Waals surface area contributed by atoms with Crippen LogP contribution in [-0.2, 0) is 4.79 Å². The molecule has 0 aliphatic carbocycles. The Morgan fingerprint density at radius 2 is 2.27 bits per heavy atom. The van der Waals surface area contributed by atoms with Gasteiger partial charge in [0.2, 0.25) is 0 Å².